The summed E-state index contributed by atoms with van der Waals surface area (Å²) in [6.07, 6.45) is 0. The molecule has 0 unspecified atom stereocenters. The predicted octanol–water partition coefficient (Wildman–Crippen LogP) is -0.718. The minimum Gasteiger partial charge on any atom is -0.383 e. The minimum atomic E-state index is -3.58. The zero-order chi connectivity index (χ0) is 11.9. The van der Waals surface area contributed by atoms with Crippen LogP contribution in [0.2, 0.25) is 0 Å². The third-order valence-electron chi connectivity index (χ3n) is 1.68. The van der Waals surface area contributed by atoms with E-state index >= 15 is 0 Å². The van der Waals surface area contributed by atoms with E-state index in [4.69, 9.17) is 0 Å². The highest BCUT2D eigenvalue weighted by Gasteiger charge is 2.13. The number of methoxy groups -OCH3 is 1. The first-order valence-electron chi connectivity index (χ1n) is 4.65. The van der Waals surface area contributed by atoms with Crippen LogP contribution in [0, 0.1) is 5.92 Å². The molecule has 2 N–H and O–H groups in total. The number of Topliss-reactive ketones (excluding diaryl/α,β-unsaturated/α-hetero) is 1. The number of ketones is 1. The van der Waals surface area contributed by atoms with Crippen molar-refractivity contribution in [3.05, 3.63) is 0 Å². The predicted molar refractivity (Wildman–Crippen MR) is 56.6 cm³/mol. The van der Waals surface area contributed by atoms with Crippen LogP contribution in [-0.2, 0) is 19.7 Å². The summed E-state index contributed by atoms with van der Waals surface area (Å²) in [5, 5.41) is 0. The van der Waals surface area contributed by atoms with Gasteiger partial charge in [0.15, 0.2) is 0 Å². The van der Waals surface area contributed by atoms with E-state index in [0.717, 1.165) is 0 Å². The Morgan fingerprint density at radius 3 is 2.40 bits per heavy atom. The summed E-state index contributed by atoms with van der Waals surface area (Å²) in [6.45, 7) is 3.73. The second kappa shape index (κ2) is 6.89. The molecule has 0 aliphatic carbocycles. The highest BCUT2D eigenvalue weighted by Crippen LogP contribution is 1.92. The molecule has 15 heavy (non-hydrogen) atoms. The lowest BCUT2D eigenvalue weighted by molar-refractivity contribution is -0.120. The van der Waals surface area contributed by atoms with E-state index in [1.165, 1.54) is 7.11 Å². The Morgan fingerprint density at radius 1 is 1.33 bits per heavy atom. The van der Waals surface area contributed by atoms with Crippen molar-refractivity contribution in [3.8, 4) is 0 Å². The molecule has 0 saturated heterocycles. The molecule has 0 saturated carbocycles. The van der Waals surface area contributed by atoms with Gasteiger partial charge in [0.1, 0.15) is 5.78 Å². The van der Waals surface area contributed by atoms with Gasteiger partial charge >= 0.3 is 0 Å². The van der Waals surface area contributed by atoms with Gasteiger partial charge in [-0.15, -0.1) is 0 Å². The summed E-state index contributed by atoms with van der Waals surface area (Å²) in [5.41, 5.74) is 0. The maximum atomic E-state index is 11.2. The van der Waals surface area contributed by atoms with Crippen molar-refractivity contribution in [2.75, 3.05) is 26.8 Å². The summed E-state index contributed by atoms with van der Waals surface area (Å²) < 4.78 is 31.5. The third-order valence-corrected chi connectivity index (χ3v) is 2.79. The Morgan fingerprint density at radius 2 is 1.93 bits per heavy atom. The largest absolute Gasteiger partial charge is 0.383 e. The van der Waals surface area contributed by atoms with Gasteiger partial charge in [-0.2, -0.15) is 17.9 Å². The molecule has 0 heterocycles. The molecule has 0 atom stereocenters. The van der Waals surface area contributed by atoms with Crippen LogP contribution in [-0.4, -0.2) is 41.0 Å². The molecule has 0 aliphatic heterocycles. The lowest BCUT2D eigenvalue weighted by Crippen LogP contribution is -2.41. The van der Waals surface area contributed by atoms with Crippen molar-refractivity contribution in [1.82, 2.24) is 9.44 Å². The van der Waals surface area contributed by atoms with Crippen molar-refractivity contribution >= 4 is 16.0 Å². The monoisotopic (exact) mass is 238 g/mol. The molecule has 90 valence electrons. The van der Waals surface area contributed by atoms with E-state index in [-0.39, 0.29) is 24.8 Å². The van der Waals surface area contributed by atoms with Crippen LogP contribution in [0.4, 0.5) is 0 Å². The van der Waals surface area contributed by atoms with E-state index < -0.39 is 10.2 Å². The van der Waals surface area contributed by atoms with E-state index in [2.05, 4.69) is 14.2 Å². The van der Waals surface area contributed by atoms with Gasteiger partial charge in [-0.05, 0) is 0 Å². The number of rotatable bonds is 8. The fourth-order valence-corrected chi connectivity index (χ4v) is 1.49. The second-order valence-electron chi connectivity index (χ2n) is 3.33. The Bertz CT molecular complexity index is 287. The van der Waals surface area contributed by atoms with Crippen LogP contribution in [0.3, 0.4) is 0 Å². The third kappa shape index (κ3) is 7.43. The van der Waals surface area contributed by atoms with Gasteiger partial charge in [0.2, 0.25) is 0 Å². The van der Waals surface area contributed by atoms with Crippen LogP contribution >= 0.6 is 0 Å². The number of hydrogen-bond acceptors (Lipinski definition) is 4. The number of hydrogen-bond donors (Lipinski definition) is 2. The van der Waals surface area contributed by atoms with Crippen molar-refractivity contribution in [1.29, 1.82) is 0 Å². The van der Waals surface area contributed by atoms with Gasteiger partial charge in [0.25, 0.3) is 10.2 Å². The van der Waals surface area contributed by atoms with Crippen LogP contribution in [0.15, 0.2) is 0 Å². The Kier molecular flexibility index (Phi) is 6.66. The van der Waals surface area contributed by atoms with Crippen molar-refractivity contribution in [2.24, 2.45) is 5.92 Å². The smallest absolute Gasteiger partial charge is 0.277 e. The number of carbonyl (C=O) groups is 1. The maximum Gasteiger partial charge on any atom is 0.277 e. The molecule has 0 aromatic heterocycles. The first-order chi connectivity index (χ1) is 6.89. The summed E-state index contributed by atoms with van der Waals surface area (Å²) in [5.74, 6) is -0.321. The first-order valence-corrected chi connectivity index (χ1v) is 6.13. The molecule has 0 rings (SSSR count). The number of carbonyl (C=O) groups excluding carboxylic acids is 1. The van der Waals surface area contributed by atoms with Crippen LogP contribution < -0.4 is 9.44 Å². The molecular formula is C8H18N2O4S. The molecule has 0 fully saturated rings. The van der Waals surface area contributed by atoms with E-state index in [1.807, 2.05) is 0 Å². The minimum absolute atomic E-state index is 0.146. The molecule has 0 radical (unpaired) electrons. The summed E-state index contributed by atoms with van der Waals surface area (Å²) >= 11 is 0. The normalized spacial score (nSPS) is 12.0. The summed E-state index contributed by atoms with van der Waals surface area (Å²) in [7, 11) is -2.11. The van der Waals surface area contributed by atoms with Gasteiger partial charge < -0.3 is 4.74 Å². The first kappa shape index (κ1) is 14.5. The number of ether oxygens (including phenoxy) is 1. The SMILES string of the molecule is COCCNS(=O)(=O)NCC(=O)C(C)C. The van der Waals surface area contributed by atoms with Crippen molar-refractivity contribution in [2.45, 2.75) is 13.8 Å². The van der Waals surface area contributed by atoms with Crippen molar-refractivity contribution in [3.63, 3.8) is 0 Å². The summed E-state index contributed by atoms with van der Waals surface area (Å²) in [6, 6.07) is 0. The van der Waals surface area contributed by atoms with Gasteiger partial charge in [-0.25, -0.2) is 0 Å². The van der Waals surface area contributed by atoms with Gasteiger partial charge in [0.05, 0.1) is 13.2 Å². The second-order valence-corrected chi connectivity index (χ2v) is 4.92. The molecule has 0 aromatic carbocycles. The molecule has 6 nitrogen and oxygen atoms in total. The fraction of sp³-hybridized carbons (Fsp3) is 0.875. The van der Waals surface area contributed by atoms with Gasteiger partial charge in [0, 0.05) is 19.6 Å². The molecule has 0 amide bonds. The van der Waals surface area contributed by atoms with Crippen LogP contribution in [0.5, 0.6) is 0 Å². The molecule has 0 aliphatic rings. The molecule has 0 spiro atoms. The zero-order valence-electron chi connectivity index (χ0n) is 9.24. The van der Waals surface area contributed by atoms with Crippen LogP contribution in [0.25, 0.3) is 0 Å². The van der Waals surface area contributed by atoms with Crippen molar-refractivity contribution < 1.29 is 17.9 Å². The van der Waals surface area contributed by atoms with Gasteiger partial charge in [-0.1, -0.05) is 13.8 Å². The lowest BCUT2D eigenvalue weighted by atomic mass is 10.1. The highest BCUT2D eigenvalue weighted by molar-refractivity contribution is 7.87. The van der Waals surface area contributed by atoms with E-state index in [0.29, 0.717) is 6.61 Å². The Balaban J connectivity index is 3.89. The Labute approximate surface area is 90.6 Å². The number of nitrogens with one attached hydrogen (secondary N) is 2. The topological polar surface area (TPSA) is 84.5 Å². The summed E-state index contributed by atoms with van der Waals surface area (Å²) in [4.78, 5) is 11.1. The standard InChI is InChI=1S/C8H18N2O4S/c1-7(2)8(11)6-10-15(12,13)9-4-5-14-3/h7,9-10H,4-6H2,1-3H3. The fourth-order valence-electron chi connectivity index (χ4n) is 0.699. The van der Waals surface area contributed by atoms with E-state index in [1.54, 1.807) is 13.8 Å². The molecule has 0 aromatic rings. The molecule has 7 heteroatoms. The molecular weight excluding hydrogens is 220 g/mol. The van der Waals surface area contributed by atoms with E-state index in [9.17, 15) is 13.2 Å². The zero-order valence-corrected chi connectivity index (χ0v) is 10.1. The Hall–Kier alpha value is -0.500. The average Bonchev–Trinajstić information content (AvgIpc) is 2.14. The highest BCUT2D eigenvalue weighted by atomic mass is 32.2. The average molecular weight is 238 g/mol. The maximum absolute atomic E-state index is 11.2. The lowest BCUT2D eigenvalue weighted by Gasteiger charge is -2.08. The van der Waals surface area contributed by atoms with Gasteiger partial charge in [-0.3, -0.25) is 4.79 Å². The molecule has 0 bridgehead atoms. The quantitative estimate of drug-likeness (QED) is 0.547. The van der Waals surface area contributed by atoms with Crippen LogP contribution in [0.1, 0.15) is 13.8 Å².